The van der Waals surface area contributed by atoms with Crippen molar-refractivity contribution in [2.75, 3.05) is 0 Å². The average Bonchev–Trinajstić information content (AvgIpc) is 1.62. The van der Waals surface area contributed by atoms with Gasteiger partial charge in [0.05, 0.1) is 0 Å². The van der Waals surface area contributed by atoms with Crippen LogP contribution in [0.15, 0.2) is 440 Å². The highest BCUT2D eigenvalue weighted by Crippen LogP contribution is 2.48. The van der Waals surface area contributed by atoms with E-state index in [0.29, 0.717) is 0 Å². The van der Waals surface area contributed by atoms with Gasteiger partial charge in [0, 0.05) is 125 Å². The third-order valence-electron chi connectivity index (χ3n) is 28.7. The van der Waals surface area contributed by atoms with E-state index in [-0.39, 0.29) is 37.1 Å². The van der Waals surface area contributed by atoms with Crippen LogP contribution in [0.5, 0.6) is 0 Å². The van der Waals surface area contributed by atoms with E-state index in [4.69, 9.17) is 39.8 Å². The quantitative estimate of drug-likeness (QED) is 0.154. The molecule has 9 aromatic heterocycles. The molecule has 0 saturated carbocycles. The van der Waals surface area contributed by atoms with Crippen molar-refractivity contribution in [1.29, 1.82) is 0 Å². The number of furan rings is 9. The van der Waals surface area contributed by atoms with E-state index in [9.17, 15) is 0 Å². The third kappa shape index (κ3) is 17.3. The summed E-state index contributed by atoms with van der Waals surface area (Å²) in [5.74, 6) is 0. The molecule has 9 nitrogen and oxygen atoms in total. The first-order chi connectivity index (χ1) is 70.9. The van der Waals surface area contributed by atoms with Gasteiger partial charge in [-0.3, -0.25) is 0 Å². The molecule has 0 aliphatic carbocycles. The highest BCUT2D eigenvalue weighted by atomic mass is 16.4. The Kier molecular flexibility index (Phi) is 25.7. The van der Waals surface area contributed by atoms with Crippen LogP contribution in [0.4, 0.5) is 0 Å². The summed E-state index contributed by atoms with van der Waals surface area (Å²) in [6.07, 6.45) is 0. The molecule has 150 heavy (non-hydrogen) atoms. The van der Waals surface area contributed by atoms with Crippen molar-refractivity contribution in [2.45, 2.75) is 106 Å². The molecule has 0 aliphatic rings. The smallest absolute Gasteiger partial charge is 0.143 e. The van der Waals surface area contributed by atoms with Gasteiger partial charge in [-0.1, -0.05) is 284 Å². The van der Waals surface area contributed by atoms with Crippen LogP contribution >= 0.6 is 0 Å². The predicted molar refractivity (Wildman–Crippen MR) is 637 cm³/mol. The second-order valence-corrected chi connectivity index (χ2v) is 39.1. The fraction of sp³-hybridized carbons (Fsp3) is 0.106. The average molecular weight is 1950 g/mol. The summed E-state index contributed by atoms with van der Waals surface area (Å²) >= 11 is 0. The first-order valence-electron chi connectivity index (χ1n) is 49.5. The Morgan fingerprint density at radius 2 is 0.340 bits per heavy atom. The minimum atomic E-state index is 0. The zero-order chi connectivity index (χ0) is 97.7. The maximum atomic E-state index is 6.35. The molecule has 0 saturated heterocycles. The van der Waals surface area contributed by atoms with Crippen LogP contribution in [0, 0.1) is 69.2 Å². The second-order valence-electron chi connectivity index (χ2n) is 39.1. The minimum absolute atomic E-state index is 0. The lowest BCUT2D eigenvalue weighted by atomic mass is 9.94. The number of aryl methyl sites for hydroxylation is 10. The zero-order valence-electron chi connectivity index (χ0n) is 81.8. The molecule has 0 aliphatic heterocycles. The zero-order valence-corrected chi connectivity index (χ0v) is 81.8. The molecular weight excluding hydrogens is 1840 g/mol. The second kappa shape index (κ2) is 39.3. The number of rotatable bonds is 7. The summed E-state index contributed by atoms with van der Waals surface area (Å²) in [6.45, 7) is 21.3. The van der Waals surface area contributed by atoms with Crippen LogP contribution in [0.25, 0.3) is 275 Å². The minimum Gasteiger partial charge on any atom is -0.456 e. The van der Waals surface area contributed by atoms with Crippen molar-refractivity contribution in [1.82, 2.24) is 0 Å². The van der Waals surface area contributed by atoms with Gasteiger partial charge in [0.2, 0.25) is 0 Å². The highest BCUT2D eigenvalue weighted by molar-refractivity contribution is 6.18. The Morgan fingerprint density at radius 3 is 0.727 bits per heavy atom. The number of para-hydroxylation sites is 7. The van der Waals surface area contributed by atoms with Crippen LogP contribution in [0.2, 0.25) is 0 Å². The van der Waals surface area contributed by atoms with Crippen molar-refractivity contribution in [2.24, 2.45) is 0 Å². The topological polar surface area (TPSA) is 118 Å². The fourth-order valence-corrected chi connectivity index (χ4v) is 21.8. The van der Waals surface area contributed by atoms with E-state index in [2.05, 4.69) is 397 Å². The van der Waals surface area contributed by atoms with Gasteiger partial charge >= 0.3 is 0 Å². The SMILES string of the molecule is C.C.C.C.C.Cc1cc(-c2ccc3oc4c(C)cccc4c3c2)c2oc3ccccc3c2c1.Cc1cc(-c2cccc(-c3cc(C)cc4c3oc3ccccc34)c2)c2oc3ccccc3c2c1.Cc1ccc2oc3ccc(-c4cc(C)c5oc6ccccc6c5c4)cc3c2c1.Cc1ccc2oc3ccc(-c4cc(C)cc5c4oc4ccccc45)cc3c2c1.Cc1cccc(-c2cc(-c3cccc(C)c3)c3oc4ccccc4c3c2)c1. The molecule has 0 amide bonds. The number of hydrogen-bond donors (Lipinski definition) is 0. The maximum Gasteiger partial charge on any atom is 0.143 e. The molecule has 0 spiro atoms. The Balaban J connectivity index is 0.000000109. The molecule has 9 heterocycles. The lowest BCUT2D eigenvalue weighted by molar-refractivity contribution is 0.665. The van der Waals surface area contributed by atoms with Gasteiger partial charge in [-0.15, -0.1) is 0 Å². The fourth-order valence-electron chi connectivity index (χ4n) is 21.8. The predicted octanol–water partition coefficient (Wildman–Crippen LogP) is 43.5. The Hall–Kier alpha value is -18.2. The van der Waals surface area contributed by atoms with Crippen molar-refractivity contribution < 1.29 is 39.8 Å². The molecule has 21 aromatic carbocycles. The van der Waals surface area contributed by atoms with Crippen LogP contribution < -0.4 is 0 Å². The summed E-state index contributed by atoms with van der Waals surface area (Å²) in [5.41, 5.74) is 45.2. The largest absolute Gasteiger partial charge is 0.456 e. The van der Waals surface area contributed by atoms with Gasteiger partial charge in [0.1, 0.15) is 100 Å². The van der Waals surface area contributed by atoms with Crippen LogP contribution in [-0.4, -0.2) is 0 Å². The van der Waals surface area contributed by atoms with E-state index in [1.165, 1.54) is 99.3 Å². The Morgan fingerprint density at radius 1 is 0.113 bits per heavy atom. The van der Waals surface area contributed by atoms with Crippen molar-refractivity contribution in [3.63, 3.8) is 0 Å². The van der Waals surface area contributed by atoms with Crippen molar-refractivity contribution in [3.05, 3.63) is 456 Å². The highest BCUT2D eigenvalue weighted by Gasteiger charge is 2.24. The van der Waals surface area contributed by atoms with Crippen LogP contribution in [-0.2, 0) is 0 Å². The van der Waals surface area contributed by atoms with E-state index in [0.717, 1.165) is 232 Å². The van der Waals surface area contributed by atoms with Gasteiger partial charge in [0.15, 0.2) is 0 Å². The standard InChI is InChI=1S/C32H22O2.3C26H18O2.C26H20O.5CH4/c1-19-14-25(31-27(16-19)23-10-3-5-12-29(23)33-31)21-8-7-9-22(18-21)26-15-20(2)17-28-24-11-4-6-13-30(24)34-32(26)28;1-15-12-20(26-22(13-15)18-7-3-4-9-23(18)28-26)17-10-11-24-21(14-17)19-8-5-6-16(2)25(19)27-24;1-15-7-9-24-20(11-15)21-13-17(8-10-25(21)27-24)18-12-16(2)26-22(14-18)19-5-3-4-6-23(19)28-26;1-15-7-9-24-20(11-15)21-14-17(8-10-25(21)27-24)19-12-16(2)13-22-18-5-3-4-6-23(18)28-26(19)22;1-17-7-5-9-19(13-17)21-15-23(20-10-6-8-18(2)14-20)26-24(16-21)22-11-3-4-12-25(22)27-26;;;;;/h3-18H,1-2H3;3*3-14H,1-2H3;3-16H,1-2H3;5*1H4. The van der Waals surface area contributed by atoms with Gasteiger partial charge in [-0.25, -0.2) is 0 Å². The van der Waals surface area contributed by atoms with Crippen molar-refractivity contribution in [3.8, 4) is 77.9 Å². The van der Waals surface area contributed by atoms with Crippen molar-refractivity contribution >= 4 is 197 Å². The summed E-state index contributed by atoms with van der Waals surface area (Å²) < 4.78 is 55.8. The van der Waals surface area contributed by atoms with Crippen LogP contribution in [0.1, 0.15) is 92.8 Å². The summed E-state index contributed by atoms with van der Waals surface area (Å²) in [4.78, 5) is 0. The summed E-state index contributed by atoms with van der Waals surface area (Å²) in [7, 11) is 0. The lowest BCUT2D eigenvalue weighted by Crippen LogP contribution is -1.85. The normalized spacial score (nSPS) is 11.4. The molecule has 734 valence electrons. The van der Waals surface area contributed by atoms with Gasteiger partial charge < -0.3 is 39.8 Å². The van der Waals surface area contributed by atoms with E-state index < -0.39 is 0 Å². The number of hydrogen-bond acceptors (Lipinski definition) is 9. The molecule has 0 N–H and O–H groups in total. The lowest BCUT2D eigenvalue weighted by Gasteiger charge is -2.09. The van der Waals surface area contributed by atoms with Crippen LogP contribution in [0.3, 0.4) is 0 Å². The molecule has 30 rings (SSSR count). The first-order valence-corrected chi connectivity index (χ1v) is 49.5. The monoisotopic (exact) mass is 1950 g/mol. The Bertz CT molecular complexity index is 10200. The summed E-state index contributed by atoms with van der Waals surface area (Å²) in [5, 5.41) is 20.9. The molecule has 0 atom stereocenters. The molecular formula is C141H116O9. The van der Waals surface area contributed by atoms with E-state index in [1.54, 1.807) is 0 Å². The van der Waals surface area contributed by atoms with E-state index >= 15 is 0 Å². The Labute approximate surface area is 871 Å². The van der Waals surface area contributed by atoms with Gasteiger partial charge in [0.25, 0.3) is 0 Å². The molecule has 0 fully saturated rings. The third-order valence-corrected chi connectivity index (χ3v) is 28.7. The molecule has 0 radical (unpaired) electrons. The first kappa shape index (κ1) is 97.9. The van der Waals surface area contributed by atoms with E-state index in [1.807, 2.05) is 72.8 Å². The maximum absolute atomic E-state index is 6.35. The van der Waals surface area contributed by atoms with Gasteiger partial charge in [-0.2, -0.15) is 0 Å². The van der Waals surface area contributed by atoms with Gasteiger partial charge in [-0.05, 0) is 329 Å². The summed E-state index contributed by atoms with van der Waals surface area (Å²) in [6, 6.07) is 140. The molecule has 9 heteroatoms. The number of benzene rings is 21. The molecule has 0 unspecified atom stereocenters. The number of fused-ring (bicyclic) bond motifs is 27. The molecule has 0 bridgehead atoms. The molecule has 30 aromatic rings.